The molecule has 8 heteroatoms. The van der Waals surface area contributed by atoms with Gasteiger partial charge in [-0.1, -0.05) is 5.16 Å². The van der Waals surface area contributed by atoms with Crippen LogP contribution in [-0.4, -0.2) is 45.2 Å². The van der Waals surface area contributed by atoms with Crippen molar-refractivity contribution in [1.29, 1.82) is 0 Å². The Morgan fingerprint density at radius 1 is 1.18 bits per heavy atom. The number of aromatic nitrogens is 2. The molecule has 4 rings (SSSR count). The number of nitrogens with zero attached hydrogens (tertiary/aromatic N) is 2. The average Bonchev–Trinajstić information content (AvgIpc) is 2.99. The maximum absolute atomic E-state index is 12.9. The minimum Gasteiger partial charge on any atom is -0.391 e. The van der Waals surface area contributed by atoms with Crippen molar-refractivity contribution in [2.45, 2.75) is 70.6 Å². The van der Waals surface area contributed by atoms with E-state index in [0.29, 0.717) is 53.4 Å². The van der Waals surface area contributed by atoms with Crippen molar-refractivity contribution in [3.05, 3.63) is 23.0 Å². The van der Waals surface area contributed by atoms with Gasteiger partial charge in [0.05, 0.1) is 28.8 Å². The highest BCUT2D eigenvalue weighted by Gasteiger charge is 2.35. The Kier molecular flexibility index (Phi) is 5.05. The lowest BCUT2D eigenvalue weighted by Gasteiger charge is -2.35. The Hall–Kier alpha value is -2.48. The fourth-order valence-corrected chi connectivity index (χ4v) is 4.07. The van der Waals surface area contributed by atoms with Crippen LogP contribution in [0.1, 0.15) is 60.3 Å². The summed E-state index contributed by atoms with van der Waals surface area (Å²) < 4.78 is 5.18. The van der Waals surface area contributed by atoms with Crippen LogP contribution in [0.15, 0.2) is 10.6 Å². The zero-order valence-electron chi connectivity index (χ0n) is 16.2. The fourth-order valence-electron chi connectivity index (χ4n) is 4.07. The molecule has 2 aliphatic rings. The first-order valence-corrected chi connectivity index (χ1v) is 9.95. The number of aliphatic hydroxyl groups is 1. The molecule has 3 N–H and O–H groups in total. The first kappa shape index (κ1) is 18.9. The number of nitrogens with one attached hydrogen (secondary N) is 2. The molecule has 0 saturated heterocycles. The van der Waals surface area contributed by atoms with Crippen LogP contribution in [-0.2, 0) is 4.79 Å². The third-order valence-corrected chi connectivity index (χ3v) is 5.95. The zero-order valence-corrected chi connectivity index (χ0v) is 16.2. The third-order valence-electron chi connectivity index (χ3n) is 5.95. The molecule has 2 amide bonds. The highest BCUT2D eigenvalue weighted by Crippen LogP contribution is 2.28. The van der Waals surface area contributed by atoms with Crippen LogP contribution in [0.5, 0.6) is 0 Å². The number of carbonyl (C=O) groups is 2. The number of aliphatic hydroxyl groups excluding tert-OH is 1. The normalized spacial score (nSPS) is 25.3. The molecule has 0 unspecified atom stereocenters. The highest BCUT2D eigenvalue weighted by molar-refractivity contribution is 6.06. The second-order valence-corrected chi connectivity index (χ2v) is 8.05. The van der Waals surface area contributed by atoms with E-state index in [1.165, 1.54) is 6.42 Å². The molecule has 2 aromatic rings. The van der Waals surface area contributed by atoms with Gasteiger partial charge in [-0.05, 0) is 58.4 Å². The van der Waals surface area contributed by atoms with E-state index < -0.39 is 6.10 Å². The lowest BCUT2D eigenvalue weighted by Crippen LogP contribution is -2.50. The topological polar surface area (TPSA) is 117 Å². The Balaban J connectivity index is 1.42. The number of aryl methyl sites for hydroxylation is 2. The van der Waals surface area contributed by atoms with Crippen molar-refractivity contribution in [3.63, 3.8) is 0 Å². The van der Waals surface area contributed by atoms with E-state index >= 15 is 0 Å². The van der Waals surface area contributed by atoms with Crippen LogP contribution in [0.4, 0.5) is 0 Å². The monoisotopic (exact) mass is 386 g/mol. The predicted octanol–water partition coefficient (Wildman–Crippen LogP) is 1.77. The fraction of sp³-hybridized carbons (Fsp3) is 0.600. The molecule has 3 atom stereocenters. The van der Waals surface area contributed by atoms with Crippen LogP contribution >= 0.6 is 0 Å². The number of hydrogen-bond acceptors (Lipinski definition) is 6. The van der Waals surface area contributed by atoms with Crippen LogP contribution in [0, 0.1) is 19.8 Å². The lowest BCUT2D eigenvalue weighted by molar-refractivity contribution is -0.128. The molecule has 0 aromatic carbocycles. The molecule has 2 aliphatic carbocycles. The molecule has 0 bridgehead atoms. The maximum atomic E-state index is 12.9. The van der Waals surface area contributed by atoms with Crippen LogP contribution in [0.2, 0.25) is 0 Å². The van der Waals surface area contributed by atoms with Crippen LogP contribution in [0.3, 0.4) is 0 Å². The molecule has 150 valence electrons. The highest BCUT2D eigenvalue weighted by atomic mass is 16.5. The summed E-state index contributed by atoms with van der Waals surface area (Å²) in [5.41, 5.74) is 2.04. The number of pyridine rings is 1. The van der Waals surface area contributed by atoms with Gasteiger partial charge < -0.3 is 20.3 Å². The summed E-state index contributed by atoms with van der Waals surface area (Å²) in [6.45, 7) is 3.55. The number of hydrogen-bond donors (Lipinski definition) is 3. The summed E-state index contributed by atoms with van der Waals surface area (Å²) in [6.07, 6.45) is 4.07. The SMILES string of the molecule is Cc1cc(C(=O)N[C@H]2CC[C@H](C(=O)NC3CCC3)C[C@@H]2O)c2c(C)noc2n1. The second-order valence-electron chi connectivity index (χ2n) is 8.05. The summed E-state index contributed by atoms with van der Waals surface area (Å²) in [6, 6.07) is 1.61. The van der Waals surface area contributed by atoms with Gasteiger partial charge in [0, 0.05) is 17.7 Å². The molecule has 2 saturated carbocycles. The first-order chi connectivity index (χ1) is 13.4. The molecular formula is C20H26N4O4. The van der Waals surface area contributed by atoms with Gasteiger partial charge in [0.1, 0.15) is 0 Å². The smallest absolute Gasteiger partial charge is 0.258 e. The first-order valence-electron chi connectivity index (χ1n) is 9.95. The van der Waals surface area contributed by atoms with Crippen molar-refractivity contribution in [1.82, 2.24) is 20.8 Å². The summed E-state index contributed by atoms with van der Waals surface area (Å²) >= 11 is 0. The minimum absolute atomic E-state index is 0.0279. The molecule has 2 heterocycles. The van der Waals surface area contributed by atoms with E-state index in [2.05, 4.69) is 20.8 Å². The summed E-state index contributed by atoms with van der Waals surface area (Å²) in [5, 5.41) is 21.0. The predicted molar refractivity (Wildman–Crippen MR) is 102 cm³/mol. The summed E-state index contributed by atoms with van der Waals surface area (Å²) in [7, 11) is 0. The molecular weight excluding hydrogens is 360 g/mol. The van der Waals surface area contributed by atoms with Crippen molar-refractivity contribution < 1.29 is 19.2 Å². The van der Waals surface area contributed by atoms with Gasteiger partial charge in [-0.25, -0.2) is 4.98 Å². The summed E-state index contributed by atoms with van der Waals surface area (Å²) in [4.78, 5) is 29.5. The molecule has 0 radical (unpaired) electrons. The molecule has 0 spiro atoms. The standard InChI is InChI=1S/C20H26N4O4/c1-10-8-14(17-11(2)24-28-20(17)21-10)19(27)23-15-7-6-12(9-16(15)25)18(26)22-13-4-3-5-13/h8,12-13,15-16,25H,3-7,9H2,1-2H3,(H,22,26)(H,23,27)/t12-,15-,16-/m0/s1. The molecule has 0 aliphatic heterocycles. The Morgan fingerprint density at radius 2 is 1.96 bits per heavy atom. The van der Waals surface area contributed by atoms with E-state index in [0.717, 1.165) is 12.8 Å². The molecule has 2 fully saturated rings. The van der Waals surface area contributed by atoms with Gasteiger partial charge in [0.2, 0.25) is 5.91 Å². The number of amides is 2. The third kappa shape index (κ3) is 3.61. The van der Waals surface area contributed by atoms with Gasteiger partial charge in [-0.3, -0.25) is 9.59 Å². The van der Waals surface area contributed by atoms with Gasteiger partial charge in [-0.15, -0.1) is 0 Å². The average molecular weight is 386 g/mol. The van der Waals surface area contributed by atoms with E-state index in [1.807, 2.05) is 0 Å². The van der Waals surface area contributed by atoms with Gasteiger partial charge in [0.25, 0.3) is 11.6 Å². The number of fused-ring (bicyclic) bond motifs is 1. The van der Waals surface area contributed by atoms with Gasteiger partial charge in [-0.2, -0.15) is 0 Å². The van der Waals surface area contributed by atoms with Crippen molar-refractivity contribution >= 4 is 22.9 Å². The number of carbonyl (C=O) groups excluding carboxylic acids is 2. The second kappa shape index (κ2) is 7.50. The van der Waals surface area contributed by atoms with Crippen molar-refractivity contribution in [3.8, 4) is 0 Å². The van der Waals surface area contributed by atoms with E-state index in [4.69, 9.17) is 4.52 Å². The van der Waals surface area contributed by atoms with Crippen LogP contribution < -0.4 is 10.6 Å². The van der Waals surface area contributed by atoms with E-state index in [9.17, 15) is 14.7 Å². The van der Waals surface area contributed by atoms with Gasteiger partial charge in [0.15, 0.2) is 0 Å². The lowest BCUT2D eigenvalue weighted by atomic mass is 9.82. The van der Waals surface area contributed by atoms with Crippen molar-refractivity contribution in [2.75, 3.05) is 0 Å². The minimum atomic E-state index is -0.753. The molecule has 8 nitrogen and oxygen atoms in total. The maximum Gasteiger partial charge on any atom is 0.258 e. The quantitative estimate of drug-likeness (QED) is 0.737. The van der Waals surface area contributed by atoms with Crippen molar-refractivity contribution in [2.24, 2.45) is 5.92 Å². The summed E-state index contributed by atoms with van der Waals surface area (Å²) in [5.74, 6) is -0.456. The molecule has 2 aromatic heterocycles. The Labute approximate surface area is 163 Å². The zero-order chi connectivity index (χ0) is 19.8. The largest absolute Gasteiger partial charge is 0.391 e. The Bertz CT molecular complexity index is 905. The van der Waals surface area contributed by atoms with E-state index in [1.54, 1.807) is 19.9 Å². The van der Waals surface area contributed by atoms with Gasteiger partial charge >= 0.3 is 0 Å². The van der Waals surface area contributed by atoms with E-state index in [-0.39, 0.29) is 23.8 Å². The molecule has 28 heavy (non-hydrogen) atoms. The number of rotatable bonds is 4. The van der Waals surface area contributed by atoms with Crippen LogP contribution in [0.25, 0.3) is 11.1 Å². The Morgan fingerprint density at radius 3 is 2.64 bits per heavy atom.